The first-order valence-electron chi connectivity index (χ1n) is 8.36. The van der Waals surface area contributed by atoms with Crippen molar-refractivity contribution in [3.05, 3.63) is 35.4 Å². The third-order valence-electron chi connectivity index (χ3n) is 4.71. The molecule has 3 rings (SSSR count). The molecule has 0 saturated heterocycles. The molecule has 0 bridgehead atoms. The van der Waals surface area contributed by atoms with Crippen LogP contribution < -0.4 is 5.32 Å². The quantitative estimate of drug-likeness (QED) is 0.870. The van der Waals surface area contributed by atoms with E-state index in [1.807, 2.05) is 19.3 Å². The minimum Gasteiger partial charge on any atom is -0.393 e. The largest absolute Gasteiger partial charge is 0.393 e. The van der Waals surface area contributed by atoms with Gasteiger partial charge in [-0.1, -0.05) is 13.8 Å². The summed E-state index contributed by atoms with van der Waals surface area (Å²) >= 11 is 0. The predicted octanol–water partition coefficient (Wildman–Crippen LogP) is 1.52. The molecular formula is C17H25N5O2. The number of hydrogen-bond donors (Lipinski definition) is 2. The molecule has 2 heterocycles. The van der Waals surface area contributed by atoms with Crippen LogP contribution in [-0.4, -0.2) is 36.7 Å². The highest BCUT2D eigenvalue weighted by Crippen LogP contribution is 2.38. The fraction of sp³-hybridized carbons (Fsp3) is 0.588. The molecule has 1 amide bonds. The van der Waals surface area contributed by atoms with E-state index in [0.717, 1.165) is 11.3 Å². The van der Waals surface area contributed by atoms with Crippen LogP contribution >= 0.6 is 0 Å². The zero-order valence-corrected chi connectivity index (χ0v) is 14.6. The van der Waals surface area contributed by atoms with E-state index in [0.29, 0.717) is 18.5 Å². The summed E-state index contributed by atoms with van der Waals surface area (Å²) in [4.78, 5) is 12.8. The Hall–Kier alpha value is -2.15. The molecule has 7 heteroatoms. The molecule has 130 valence electrons. The van der Waals surface area contributed by atoms with Crippen LogP contribution in [-0.2, 0) is 14.1 Å². The van der Waals surface area contributed by atoms with Crippen LogP contribution in [0.1, 0.15) is 60.4 Å². The third-order valence-corrected chi connectivity index (χ3v) is 4.71. The Morgan fingerprint density at radius 1 is 1.38 bits per heavy atom. The molecule has 0 radical (unpaired) electrons. The van der Waals surface area contributed by atoms with Gasteiger partial charge in [-0.3, -0.25) is 14.2 Å². The summed E-state index contributed by atoms with van der Waals surface area (Å²) in [5.41, 5.74) is 2.42. The van der Waals surface area contributed by atoms with E-state index in [1.54, 1.807) is 22.6 Å². The first kappa shape index (κ1) is 16.7. The highest BCUT2D eigenvalue weighted by molar-refractivity contribution is 5.93. The zero-order chi connectivity index (χ0) is 17.4. The molecule has 24 heavy (non-hydrogen) atoms. The monoisotopic (exact) mass is 331 g/mol. The number of aliphatic hydroxyl groups is 1. The van der Waals surface area contributed by atoms with Crippen molar-refractivity contribution in [1.82, 2.24) is 24.9 Å². The van der Waals surface area contributed by atoms with Crippen molar-refractivity contribution in [2.24, 2.45) is 20.0 Å². The number of nitrogens with zero attached hydrogens (tertiary/aromatic N) is 4. The topological polar surface area (TPSA) is 85.0 Å². The van der Waals surface area contributed by atoms with E-state index < -0.39 is 0 Å². The van der Waals surface area contributed by atoms with Gasteiger partial charge in [0.25, 0.3) is 5.91 Å². The average molecular weight is 331 g/mol. The van der Waals surface area contributed by atoms with E-state index in [1.165, 1.54) is 0 Å². The van der Waals surface area contributed by atoms with Gasteiger partial charge in [-0.05, 0) is 30.7 Å². The molecule has 1 fully saturated rings. The number of aliphatic hydroxyl groups excluding tert-OH is 1. The molecule has 1 atom stereocenters. The standard InChI is InChI=1S/C17H25N5O2/c1-10(2)14-7-15(22(4)20-14)17(24)19-16(11-5-13(23)6-11)12-8-18-21(3)9-12/h7-11,13,16,23H,5-6H2,1-4H3,(H,19,24)/t11?,13?,16-/m1/s1. The minimum atomic E-state index is -0.268. The number of aromatic nitrogens is 4. The Morgan fingerprint density at radius 2 is 2.08 bits per heavy atom. The number of hydrogen-bond acceptors (Lipinski definition) is 4. The van der Waals surface area contributed by atoms with Gasteiger partial charge < -0.3 is 10.4 Å². The van der Waals surface area contributed by atoms with E-state index in [4.69, 9.17) is 0 Å². The van der Waals surface area contributed by atoms with Crippen LogP contribution in [0.2, 0.25) is 0 Å². The summed E-state index contributed by atoms with van der Waals surface area (Å²) in [5, 5.41) is 21.4. The summed E-state index contributed by atoms with van der Waals surface area (Å²) in [6.45, 7) is 4.11. The molecule has 1 aliphatic rings. The fourth-order valence-corrected chi connectivity index (χ4v) is 3.18. The van der Waals surface area contributed by atoms with Gasteiger partial charge in [0.1, 0.15) is 5.69 Å². The Labute approximate surface area is 141 Å². The third kappa shape index (κ3) is 3.21. The second-order valence-corrected chi connectivity index (χ2v) is 7.02. The predicted molar refractivity (Wildman–Crippen MR) is 89.4 cm³/mol. The van der Waals surface area contributed by atoms with Crippen molar-refractivity contribution >= 4 is 5.91 Å². The lowest BCUT2D eigenvalue weighted by Crippen LogP contribution is -2.41. The van der Waals surface area contributed by atoms with Crippen molar-refractivity contribution in [1.29, 1.82) is 0 Å². The average Bonchev–Trinajstić information content (AvgIpc) is 3.08. The van der Waals surface area contributed by atoms with Crippen LogP contribution in [0.3, 0.4) is 0 Å². The zero-order valence-electron chi connectivity index (χ0n) is 14.6. The van der Waals surface area contributed by atoms with Gasteiger partial charge in [-0.15, -0.1) is 0 Å². The van der Waals surface area contributed by atoms with Crippen molar-refractivity contribution in [2.45, 2.75) is 44.8 Å². The van der Waals surface area contributed by atoms with Gasteiger partial charge in [0.15, 0.2) is 0 Å². The molecule has 2 aromatic heterocycles. The van der Waals surface area contributed by atoms with E-state index >= 15 is 0 Å². The van der Waals surface area contributed by atoms with Gasteiger partial charge in [-0.2, -0.15) is 10.2 Å². The molecule has 0 aliphatic heterocycles. The van der Waals surface area contributed by atoms with Crippen LogP contribution in [0.25, 0.3) is 0 Å². The SMILES string of the molecule is CC(C)c1cc(C(=O)N[C@@H](c2cnn(C)c2)C2CC(O)C2)n(C)n1. The Balaban J connectivity index is 1.80. The second kappa shape index (κ2) is 6.39. The minimum absolute atomic E-state index is 0.146. The van der Waals surface area contributed by atoms with Crippen molar-refractivity contribution in [3.8, 4) is 0 Å². The first-order chi connectivity index (χ1) is 11.3. The number of carbonyl (C=O) groups excluding carboxylic acids is 1. The molecule has 0 spiro atoms. The van der Waals surface area contributed by atoms with Crippen LogP contribution in [0, 0.1) is 5.92 Å². The van der Waals surface area contributed by atoms with Crippen LogP contribution in [0.15, 0.2) is 18.5 Å². The lowest BCUT2D eigenvalue weighted by Gasteiger charge is -2.37. The van der Waals surface area contributed by atoms with Gasteiger partial charge in [0.05, 0.1) is 24.0 Å². The number of nitrogens with one attached hydrogen (secondary N) is 1. The molecule has 7 nitrogen and oxygen atoms in total. The van der Waals surface area contributed by atoms with E-state index in [9.17, 15) is 9.90 Å². The van der Waals surface area contributed by atoms with Crippen molar-refractivity contribution < 1.29 is 9.90 Å². The Kier molecular flexibility index (Phi) is 4.45. The molecule has 2 aromatic rings. The van der Waals surface area contributed by atoms with Crippen molar-refractivity contribution in [3.63, 3.8) is 0 Å². The van der Waals surface area contributed by atoms with Gasteiger partial charge in [0.2, 0.25) is 0 Å². The van der Waals surface area contributed by atoms with Gasteiger partial charge >= 0.3 is 0 Å². The smallest absolute Gasteiger partial charge is 0.270 e. The highest BCUT2D eigenvalue weighted by Gasteiger charge is 2.36. The summed E-state index contributed by atoms with van der Waals surface area (Å²) in [5.74, 6) is 0.353. The molecule has 0 aromatic carbocycles. The molecule has 1 saturated carbocycles. The Morgan fingerprint density at radius 3 is 2.58 bits per heavy atom. The highest BCUT2D eigenvalue weighted by atomic mass is 16.3. The summed E-state index contributed by atoms with van der Waals surface area (Å²) < 4.78 is 3.35. The number of rotatable bonds is 5. The van der Waals surface area contributed by atoms with E-state index in [2.05, 4.69) is 29.4 Å². The summed E-state index contributed by atoms with van der Waals surface area (Å²) in [7, 11) is 3.64. The maximum absolute atomic E-state index is 12.8. The van der Waals surface area contributed by atoms with Crippen LogP contribution in [0.4, 0.5) is 0 Å². The Bertz CT molecular complexity index is 727. The first-order valence-corrected chi connectivity index (χ1v) is 8.36. The van der Waals surface area contributed by atoms with Crippen LogP contribution in [0.5, 0.6) is 0 Å². The van der Waals surface area contributed by atoms with Gasteiger partial charge in [0, 0.05) is 25.9 Å². The molecule has 1 aliphatic carbocycles. The molecule has 0 unspecified atom stereocenters. The number of aryl methyl sites for hydroxylation is 2. The maximum Gasteiger partial charge on any atom is 0.270 e. The fourth-order valence-electron chi connectivity index (χ4n) is 3.18. The van der Waals surface area contributed by atoms with E-state index in [-0.39, 0.29) is 29.9 Å². The van der Waals surface area contributed by atoms with Crippen molar-refractivity contribution in [2.75, 3.05) is 0 Å². The molecule has 2 N–H and O–H groups in total. The maximum atomic E-state index is 12.8. The van der Waals surface area contributed by atoms with Gasteiger partial charge in [-0.25, -0.2) is 0 Å². The number of amides is 1. The normalized spacial score (nSPS) is 21.6. The lowest BCUT2D eigenvalue weighted by molar-refractivity contribution is 0.0234. The lowest BCUT2D eigenvalue weighted by atomic mass is 9.75. The number of carbonyl (C=O) groups is 1. The summed E-state index contributed by atoms with van der Waals surface area (Å²) in [6, 6.07) is 1.70. The second-order valence-electron chi connectivity index (χ2n) is 7.02. The summed E-state index contributed by atoms with van der Waals surface area (Å²) in [6.07, 6.45) is 4.82. The molecular weight excluding hydrogens is 306 g/mol.